The van der Waals surface area contributed by atoms with Gasteiger partial charge in [0.1, 0.15) is 5.82 Å². The van der Waals surface area contributed by atoms with Crippen molar-refractivity contribution in [2.75, 3.05) is 0 Å². The number of aromatic amines is 1. The van der Waals surface area contributed by atoms with Gasteiger partial charge in [-0.1, -0.05) is 12.1 Å². The van der Waals surface area contributed by atoms with Crippen molar-refractivity contribution in [2.24, 2.45) is 5.14 Å². The first-order chi connectivity index (χ1) is 8.38. The number of halogens is 2. The molecule has 0 atom stereocenters. The molecule has 1 heterocycles. The van der Waals surface area contributed by atoms with Crippen LogP contribution in [-0.4, -0.2) is 23.6 Å². The van der Waals surface area contributed by atoms with E-state index < -0.39 is 26.8 Å². The Balaban J connectivity index is 2.30. The van der Waals surface area contributed by atoms with Crippen LogP contribution in [0.25, 0.3) is 0 Å². The van der Waals surface area contributed by atoms with E-state index in [1.165, 1.54) is 12.1 Å². The minimum atomic E-state index is -4.01. The number of hydrogen-bond donors (Lipinski definition) is 2. The highest BCUT2D eigenvalue weighted by atomic mass is 32.2. The number of nitrogens with zero attached hydrogens (tertiary/aromatic N) is 2. The Labute approximate surface area is 101 Å². The van der Waals surface area contributed by atoms with Crippen molar-refractivity contribution in [2.45, 2.75) is 11.6 Å². The fraction of sp³-hybridized carbons (Fsp3) is 0.111. The first-order valence-electron chi connectivity index (χ1n) is 4.75. The van der Waals surface area contributed by atoms with E-state index in [0.717, 1.165) is 6.07 Å². The molecular weight excluding hydrogens is 266 g/mol. The molecule has 0 saturated heterocycles. The van der Waals surface area contributed by atoms with Gasteiger partial charge in [-0.15, -0.1) is 5.10 Å². The third-order valence-electron chi connectivity index (χ3n) is 2.16. The Hall–Kier alpha value is -1.87. The maximum Gasteiger partial charge on any atom is 0.282 e. The van der Waals surface area contributed by atoms with Crippen molar-refractivity contribution in [1.29, 1.82) is 0 Å². The summed E-state index contributed by atoms with van der Waals surface area (Å²) < 4.78 is 48.1. The van der Waals surface area contributed by atoms with Crippen molar-refractivity contribution < 1.29 is 17.2 Å². The number of nitrogens with one attached hydrogen (secondary N) is 1. The summed E-state index contributed by atoms with van der Waals surface area (Å²) in [6.45, 7) is 0. The minimum absolute atomic E-state index is 0.0344. The Kier molecular flexibility index (Phi) is 3.09. The molecule has 0 fully saturated rings. The van der Waals surface area contributed by atoms with Gasteiger partial charge in [-0.25, -0.2) is 27.3 Å². The molecular formula is C9H8F2N4O2S. The lowest BCUT2D eigenvalue weighted by Crippen LogP contribution is -2.14. The SMILES string of the molecule is NS(=O)(=O)c1n[nH]c(Cc2cccc(F)c2F)n1. The lowest BCUT2D eigenvalue weighted by Gasteiger charge is -2.00. The zero-order chi connectivity index (χ0) is 13.3. The number of rotatable bonds is 3. The number of hydrogen-bond acceptors (Lipinski definition) is 4. The second-order valence-corrected chi connectivity index (χ2v) is 4.95. The molecule has 0 aliphatic rings. The summed E-state index contributed by atoms with van der Waals surface area (Å²) in [4.78, 5) is 3.58. The molecule has 0 aliphatic carbocycles. The molecule has 0 spiro atoms. The number of sulfonamides is 1. The number of H-pyrrole nitrogens is 1. The van der Waals surface area contributed by atoms with E-state index in [0.29, 0.717) is 0 Å². The molecule has 0 radical (unpaired) electrons. The van der Waals surface area contributed by atoms with Crippen LogP contribution in [-0.2, 0) is 16.4 Å². The van der Waals surface area contributed by atoms with Gasteiger partial charge in [-0.05, 0) is 11.6 Å². The lowest BCUT2D eigenvalue weighted by molar-refractivity contribution is 0.500. The number of aromatic nitrogens is 3. The highest BCUT2D eigenvalue weighted by Crippen LogP contribution is 2.14. The van der Waals surface area contributed by atoms with Crippen molar-refractivity contribution in [3.63, 3.8) is 0 Å². The molecule has 3 N–H and O–H groups in total. The van der Waals surface area contributed by atoms with E-state index in [4.69, 9.17) is 5.14 Å². The van der Waals surface area contributed by atoms with Crippen LogP contribution >= 0.6 is 0 Å². The van der Waals surface area contributed by atoms with Gasteiger partial charge in [0.25, 0.3) is 15.2 Å². The molecule has 2 aromatic rings. The van der Waals surface area contributed by atoms with Gasteiger partial charge in [0.2, 0.25) is 0 Å². The Morgan fingerprint density at radius 2 is 2.06 bits per heavy atom. The molecule has 6 nitrogen and oxygen atoms in total. The molecule has 96 valence electrons. The summed E-state index contributed by atoms with van der Waals surface area (Å²) in [5.74, 6) is -1.92. The Morgan fingerprint density at radius 3 is 2.67 bits per heavy atom. The monoisotopic (exact) mass is 274 g/mol. The summed E-state index contributed by atoms with van der Waals surface area (Å²) in [6.07, 6.45) is -0.119. The van der Waals surface area contributed by atoms with Crippen LogP contribution in [0.1, 0.15) is 11.4 Å². The second-order valence-electron chi connectivity index (χ2n) is 3.50. The largest absolute Gasteiger partial charge is 0.282 e. The van der Waals surface area contributed by atoms with Gasteiger partial charge < -0.3 is 0 Å². The van der Waals surface area contributed by atoms with Crippen molar-refractivity contribution >= 4 is 10.0 Å². The topological polar surface area (TPSA) is 102 Å². The van der Waals surface area contributed by atoms with Gasteiger partial charge in [-0.3, -0.25) is 5.10 Å². The van der Waals surface area contributed by atoms with Crippen LogP contribution in [0.2, 0.25) is 0 Å². The molecule has 0 saturated carbocycles. The summed E-state index contributed by atoms with van der Waals surface area (Å²) in [7, 11) is -4.01. The Morgan fingerprint density at radius 1 is 1.33 bits per heavy atom. The highest BCUT2D eigenvalue weighted by Gasteiger charge is 2.16. The van der Waals surface area contributed by atoms with Gasteiger partial charge in [0.05, 0.1) is 0 Å². The third-order valence-corrected chi connectivity index (χ3v) is 2.85. The summed E-state index contributed by atoms with van der Waals surface area (Å²) in [5, 5.41) is 9.89. The van der Waals surface area contributed by atoms with E-state index >= 15 is 0 Å². The smallest absolute Gasteiger partial charge is 0.262 e. The second kappa shape index (κ2) is 4.42. The predicted molar refractivity (Wildman–Crippen MR) is 56.9 cm³/mol. The zero-order valence-corrected chi connectivity index (χ0v) is 9.71. The van der Waals surface area contributed by atoms with E-state index in [9.17, 15) is 17.2 Å². The van der Waals surface area contributed by atoms with Crippen LogP contribution in [0.5, 0.6) is 0 Å². The van der Waals surface area contributed by atoms with Gasteiger partial charge in [-0.2, -0.15) is 0 Å². The van der Waals surface area contributed by atoms with Gasteiger partial charge >= 0.3 is 0 Å². The van der Waals surface area contributed by atoms with Crippen LogP contribution < -0.4 is 5.14 Å². The molecule has 0 aliphatic heterocycles. The molecule has 0 bridgehead atoms. The highest BCUT2D eigenvalue weighted by molar-refractivity contribution is 7.89. The lowest BCUT2D eigenvalue weighted by atomic mass is 10.1. The Bertz CT molecular complexity index is 684. The van der Waals surface area contributed by atoms with Gasteiger partial charge in [0.15, 0.2) is 11.6 Å². The fourth-order valence-corrected chi connectivity index (χ4v) is 1.76. The molecule has 1 aromatic heterocycles. The standard InChI is InChI=1S/C9H8F2N4O2S/c10-6-3-1-2-5(8(6)11)4-7-13-9(15-14-7)18(12,16)17/h1-3H,4H2,(H2,12,16,17)(H,13,14,15). The fourth-order valence-electron chi connectivity index (χ4n) is 1.35. The van der Waals surface area contributed by atoms with E-state index in [2.05, 4.69) is 15.2 Å². The summed E-state index contributed by atoms with van der Waals surface area (Å²) >= 11 is 0. The zero-order valence-electron chi connectivity index (χ0n) is 8.89. The van der Waals surface area contributed by atoms with Crippen molar-refractivity contribution in [3.05, 3.63) is 41.2 Å². The van der Waals surface area contributed by atoms with Crippen molar-refractivity contribution in [3.8, 4) is 0 Å². The number of primary sulfonamides is 1. The number of benzene rings is 1. The quantitative estimate of drug-likeness (QED) is 0.841. The first kappa shape index (κ1) is 12.6. The first-order valence-corrected chi connectivity index (χ1v) is 6.29. The van der Waals surface area contributed by atoms with Crippen LogP contribution in [0.4, 0.5) is 8.78 Å². The third kappa shape index (κ3) is 2.51. The van der Waals surface area contributed by atoms with Crippen LogP contribution in [0, 0.1) is 11.6 Å². The average molecular weight is 274 g/mol. The summed E-state index contributed by atoms with van der Waals surface area (Å²) in [5.41, 5.74) is 0.0344. The predicted octanol–water partition coefficient (Wildman–Crippen LogP) is 0.321. The van der Waals surface area contributed by atoms with Crippen LogP contribution in [0.3, 0.4) is 0 Å². The molecule has 2 rings (SSSR count). The maximum atomic E-state index is 13.3. The van der Waals surface area contributed by atoms with Gasteiger partial charge in [0, 0.05) is 6.42 Å². The summed E-state index contributed by atoms with van der Waals surface area (Å²) in [6, 6.07) is 3.68. The van der Waals surface area contributed by atoms with Crippen molar-refractivity contribution in [1.82, 2.24) is 15.2 Å². The molecule has 0 amide bonds. The molecule has 1 aromatic carbocycles. The van der Waals surface area contributed by atoms with E-state index in [-0.39, 0.29) is 17.8 Å². The maximum absolute atomic E-state index is 13.3. The van der Waals surface area contributed by atoms with E-state index in [1.807, 2.05) is 0 Å². The average Bonchev–Trinajstić information content (AvgIpc) is 2.73. The molecule has 0 unspecified atom stereocenters. The molecule has 18 heavy (non-hydrogen) atoms. The minimum Gasteiger partial charge on any atom is -0.262 e. The number of nitrogens with two attached hydrogens (primary N) is 1. The van der Waals surface area contributed by atoms with Crippen LogP contribution in [0.15, 0.2) is 23.4 Å². The molecule has 9 heteroatoms. The normalized spacial score (nSPS) is 11.7. The van der Waals surface area contributed by atoms with E-state index in [1.54, 1.807) is 0 Å².